The van der Waals surface area contributed by atoms with Crippen molar-refractivity contribution >= 4 is 39.1 Å². The van der Waals surface area contributed by atoms with E-state index in [4.69, 9.17) is 11.6 Å². The van der Waals surface area contributed by atoms with E-state index in [1.54, 1.807) is 23.9 Å². The lowest BCUT2D eigenvalue weighted by atomic mass is 10.2. The molecule has 3 rings (SSSR count). The average Bonchev–Trinajstić information content (AvgIpc) is 2.94. The Bertz CT molecular complexity index is 994. The number of hydrogen-bond acceptors (Lipinski definition) is 4. The Morgan fingerprint density at radius 3 is 2.84 bits per heavy atom. The van der Waals surface area contributed by atoms with Crippen molar-refractivity contribution in [2.45, 2.75) is 33.4 Å². The fourth-order valence-corrected chi connectivity index (χ4v) is 3.93. The molecule has 130 valence electrons. The Morgan fingerprint density at radius 2 is 2.12 bits per heavy atom. The Balaban J connectivity index is 1.89. The van der Waals surface area contributed by atoms with Gasteiger partial charge in [0.05, 0.1) is 16.6 Å². The van der Waals surface area contributed by atoms with E-state index >= 15 is 0 Å². The highest BCUT2D eigenvalue weighted by Crippen LogP contribution is 2.27. The lowest BCUT2D eigenvalue weighted by molar-refractivity contribution is 0.0954. The zero-order valence-electron chi connectivity index (χ0n) is 14.0. The van der Waals surface area contributed by atoms with Gasteiger partial charge in [0.25, 0.3) is 11.5 Å². The van der Waals surface area contributed by atoms with E-state index in [0.717, 1.165) is 12.0 Å². The maximum atomic E-state index is 12.6. The van der Waals surface area contributed by atoms with Gasteiger partial charge in [-0.25, -0.2) is 4.98 Å². The van der Waals surface area contributed by atoms with Gasteiger partial charge in [-0.1, -0.05) is 36.7 Å². The second kappa shape index (κ2) is 7.37. The second-order valence-corrected chi connectivity index (χ2v) is 7.16. The first-order valence-electron chi connectivity index (χ1n) is 8.03. The van der Waals surface area contributed by atoms with E-state index in [9.17, 15) is 9.59 Å². The Labute approximate surface area is 154 Å². The van der Waals surface area contributed by atoms with Crippen LogP contribution in [0.15, 0.2) is 35.4 Å². The minimum Gasteiger partial charge on any atom is -0.347 e. The predicted molar refractivity (Wildman–Crippen MR) is 102 cm³/mol. The average molecular weight is 376 g/mol. The number of aromatic nitrogens is 2. The Kier molecular flexibility index (Phi) is 5.20. The van der Waals surface area contributed by atoms with E-state index in [1.807, 2.05) is 25.1 Å². The molecule has 7 heteroatoms. The van der Waals surface area contributed by atoms with Crippen molar-refractivity contribution in [1.29, 1.82) is 0 Å². The van der Waals surface area contributed by atoms with Crippen molar-refractivity contribution in [3.8, 4) is 0 Å². The standard InChI is InChI=1S/C18H18ClN3O2S/c1-3-8-22-10-21-17-14(18(22)24)11(2)15(25-17)16(23)20-9-12-6-4-5-7-13(12)19/h4-7,10H,3,8-9H2,1-2H3,(H,20,23). The fraction of sp³-hybridized carbons (Fsp3) is 0.278. The zero-order chi connectivity index (χ0) is 18.0. The van der Waals surface area contributed by atoms with E-state index in [0.29, 0.717) is 38.8 Å². The van der Waals surface area contributed by atoms with Gasteiger partial charge in [0.15, 0.2) is 0 Å². The summed E-state index contributed by atoms with van der Waals surface area (Å²) in [4.78, 5) is 30.6. The monoisotopic (exact) mass is 375 g/mol. The van der Waals surface area contributed by atoms with Crippen LogP contribution >= 0.6 is 22.9 Å². The van der Waals surface area contributed by atoms with Crippen LogP contribution in [0.1, 0.15) is 34.1 Å². The number of amides is 1. The van der Waals surface area contributed by atoms with Gasteiger partial charge < -0.3 is 5.32 Å². The molecule has 1 amide bonds. The molecule has 0 saturated carbocycles. The third kappa shape index (κ3) is 3.45. The van der Waals surface area contributed by atoms with E-state index in [1.165, 1.54) is 11.3 Å². The summed E-state index contributed by atoms with van der Waals surface area (Å²) in [5.41, 5.74) is 1.44. The molecule has 0 saturated heterocycles. The molecule has 0 aliphatic carbocycles. The summed E-state index contributed by atoms with van der Waals surface area (Å²) < 4.78 is 1.59. The summed E-state index contributed by atoms with van der Waals surface area (Å²) >= 11 is 7.36. The van der Waals surface area contributed by atoms with Crippen LogP contribution in [-0.4, -0.2) is 15.5 Å². The first-order chi connectivity index (χ1) is 12.0. The first-order valence-corrected chi connectivity index (χ1v) is 9.22. The third-order valence-electron chi connectivity index (χ3n) is 3.99. The van der Waals surface area contributed by atoms with Gasteiger partial charge in [-0.05, 0) is 30.5 Å². The highest BCUT2D eigenvalue weighted by atomic mass is 35.5. The smallest absolute Gasteiger partial charge is 0.262 e. The number of nitrogens with zero attached hydrogens (tertiary/aromatic N) is 2. The minimum absolute atomic E-state index is 0.0919. The van der Waals surface area contributed by atoms with Crippen molar-refractivity contribution in [2.75, 3.05) is 0 Å². The van der Waals surface area contributed by atoms with Crippen molar-refractivity contribution in [3.63, 3.8) is 0 Å². The van der Waals surface area contributed by atoms with Gasteiger partial charge >= 0.3 is 0 Å². The molecule has 1 aromatic carbocycles. The minimum atomic E-state index is -0.220. The van der Waals surface area contributed by atoms with Gasteiger partial charge in [0.2, 0.25) is 0 Å². The van der Waals surface area contributed by atoms with Crippen molar-refractivity contribution in [3.05, 3.63) is 62.0 Å². The highest BCUT2D eigenvalue weighted by Gasteiger charge is 2.19. The predicted octanol–water partition coefficient (Wildman–Crippen LogP) is 3.76. The van der Waals surface area contributed by atoms with Crippen LogP contribution < -0.4 is 10.9 Å². The quantitative estimate of drug-likeness (QED) is 0.738. The second-order valence-electron chi connectivity index (χ2n) is 5.75. The van der Waals surface area contributed by atoms with Gasteiger partial charge in [0.1, 0.15) is 4.83 Å². The van der Waals surface area contributed by atoms with Crippen molar-refractivity contribution in [2.24, 2.45) is 0 Å². The molecule has 5 nitrogen and oxygen atoms in total. The number of carbonyl (C=O) groups excluding carboxylic acids is 1. The molecule has 2 aromatic heterocycles. The maximum absolute atomic E-state index is 12.6. The summed E-state index contributed by atoms with van der Waals surface area (Å²) in [6.07, 6.45) is 2.40. The van der Waals surface area contributed by atoms with Crippen LogP contribution in [0.5, 0.6) is 0 Å². The molecule has 3 aromatic rings. The molecule has 25 heavy (non-hydrogen) atoms. The van der Waals surface area contributed by atoms with E-state index in [2.05, 4.69) is 10.3 Å². The van der Waals surface area contributed by atoms with Crippen LogP contribution in [-0.2, 0) is 13.1 Å². The van der Waals surface area contributed by atoms with E-state index < -0.39 is 0 Å². The van der Waals surface area contributed by atoms with Crippen LogP contribution in [0.4, 0.5) is 0 Å². The number of hydrogen-bond donors (Lipinski definition) is 1. The largest absolute Gasteiger partial charge is 0.347 e. The summed E-state index contributed by atoms with van der Waals surface area (Å²) in [7, 11) is 0. The molecule has 1 N–H and O–H groups in total. The van der Waals surface area contributed by atoms with Gasteiger partial charge in [-0.2, -0.15) is 0 Å². The molecule has 0 fully saturated rings. The van der Waals surface area contributed by atoms with Gasteiger partial charge in [-0.3, -0.25) is 14.2 Å². The molecule has 0 aliphatic heterocycles. The molecule has 0 aliphatic rings. The van der Waals surface area contributed by atoms with Crippen molar-refractivity contribution in [1.82, 2.24) is 14.9 Å². The van der Waals surface area contributed by atoms with Gasteiger partial charge in [-0.15, -0.1) is 11.3 Å². The summed E-state index contributed by atoms with van der Waals surface area (Å²) in [5, 5.41) is 4.01. The summed E-state index contributed by atoms with van der Waals surface area (Å²) in [6.45, 7) is 4.75. The molecule has 0 bridgehead atoms. The molecule has 0 spiro atoms. The summed E-state index contributed by atoms with van der Waals surface area (Å²) in [6, 6.07) is 7.37. The highest BCUT2D eigenvalue weighted by molar-refractivity contribution is 7.20. The summed E-state index contributed by atoms with van der Waals surface area (Å²) in [5.74, 6) is -0.220. The SMILES string of the molecule is CCCn1cnc2sc(C(=O)NCc3ccccc3Cl)c(C)c2c1=O. The molecular weight excluding hydrogens is 358 g/mol. The Hall–Kier alpha value is -2.18. The zero-order valence-corrected chi connectivity index (χ0v) is 15.6. The molecule has 0 atom stereocenters. The molecule has 0 radical (unpaired) electrons. The number of nitrogens with one attached hydrogen (secondary N) is 1. The maximum Gasteiger partial charge on any atom is 0.262 e. The van der Waals surface area contributed by atoms with Crippen LogP contribution in [0.2, 0.25) is 5.02 Å². The lowest BCUT2D eigenvalue weighted by Gasteiger charge is -2.06. The number of fused-ring (bicyclic) bond motifs is 1. The van der Waals surface area contributed by atoms with Crippen LogP contribution in [0.25, 0.3) is 10.2 Å². The molecular formula is C18H18ClN3O2S. The number of carbonyl (C=O) groups is 1. The van der Waals surface area contributed by atoms with E-state index in [-0.39, 0.29) is 11.5 Å². The number of benzene rings is 1. The number of halogens is 1. The fourth-order valence-electron chi connectivity index (χ4n) is 2.67. The molecule has 0 unspecified atom stereocenters. The first kappa shape index (κ1) is 17.6. The number of rotatable bonds is 5. The van der Waals surface area contributed by atoms with Crippen molar-refractivity contribution < 1.29 is 4.79 Å². The number of aryl methyl sites for hydroxylation is 2. The normalized spacial score (nSPS) is 11.0. The van der Waals surface area contributed by atoms with Crippen LogP contribution in [0, 0.1) is 6.92 Å². The third-order valence-corrected chi connectivity index (χ3v) is 5.55. The number of thiophene rings is 1. The molecule has 2 heterocycles. The van der Waals surface area contributed by atoms with Crippen LogP contribution in [0.3, 0.4) is 0 Å². The topological polar surface area (TPSA) is 64.0 Å². The Morgan fingerprint density at radius 1 is 1.36 bits per heavy atom. The lowest BCUT2D eigenvalue weighted by Crippen LogP contribution is -2.23. The van der Waals surface area contributed by atoms with Gasteiger partial charge in [0, 0.05) is 18.1 Å².